The van der Waals surface area contributed by atoms with Crippen LogP contribution in [-0.4, -0.2) is 42.1 Å². The lowest BCUT2D eigenvalue weighted by Crippen LogP contribution is -2.39. The number of ether oxygens (including phenoxy) is 1. The van der Waals surface area contributed by atoms with Crippen LogP contribution in [0, 0.1) is 0 Å². The van der Waals surface area contributed by atoms with Crippen molar-refractivity contribution >= 4 is 28.8 Å². The van der Waals surface area contributed by atoms with Crippen LogP contribution in [0.4, 0.5) is 0 Å². The minimum absolute atomic E-state index is 0.0936. The Morgan fingerprint density at radius 2 is 1.58 bits per heavy atom. The molecular formula is C22H21Cl2NO. The zero-order valence-electron chi connectivity index (χ0n) is 14.7. The molecule has 134 valence electrons. The van der Waals surface area contributed by atoms with Crippen LogP contribution in [0.3, 0.4) is 0 Å². The van der Waals surface area contributed by atoms with E-state index in [9.17, 15) is 0 Å². The molecule has 1 saturated heterocycles. The van der Waals surface area contributed by atoms with E-state index in [0.29, 0.717) is 0 Å². The van der Waals surface area contributed by atoms with Crippen LogP contribution in [0.15, 0.2) is 54.6 Å². The van der Waals surface area contributed by atoms with E-state index >= 15 is 0 Å². The summed E-state index contributed by atoms with van der Waals surface area (Å²) in [4.78, 5) is 2.32. The summed E-state index contributed by atoms with van der Waals surface area (Å²) in [6, 6.07) is 17.1. The maximum atomic E-state index is 6.71. The summed E-state index contributed by atoms with van der Waals surface area (Å²) >= 11 is 13.4. The van der Waals surface area contributed by atoms with Gasteiger partial charge in [-0.2, -0.15) is 0 Å². The zero-order valence-corrected chi connectivity index (χ0v) is 16.2. The normalized spacial score (nSPS) is 29.2. The lowest BCUT2D eigenvalue weighted by molar-refractivity contribution is 0.00724. The summed E-state index contributed by atoms with van der Waals surface area (Å²) in [6.45, 7) is 2.67. The molecule has 0 amide bonds. The Morgan fingerprint density at radius 3 is 2.15 bits per heavy atom. The fourth-order valence-corrected chi connectivity index (χ4v) is 5.40. The average molecular weight is 386 g/mol. The lowest BCUT2D eigenvalue weighted by Gasteiger charge is -2.29. The molecule has 0 N–H and O–H groups in total. The summed E-state index contributed by atoms with van der Waals surface area (Å²) in [5, 5.41) is 0. The highest BCUT2D eigenvalue weighted by Gasteiger charge is 2.66. The molecule has 0 spiro atoms. The van der Waals surface area contributed by atoms with Gasteiger partial charge in [0.15, 0.2) is 0 Å². The third kappa shape index (κ3) is 2.55. The number of rotatable bonds is 1. The molecule has 2 fully saturated rings. The fourth-order valence-electron chi connectivity index (χ4n) is 4.55. The molecule has 0 radical (unpaired) electrons. The van der Waals surface area contributed by atoms with Gasteiger partial charge in [-0.1, -0.05) is 48.5 Å². The molecule has 2 aromatic carbocycles. The molecule has 3 atom stereocenters. The third-order valence-corrected chi connectivity index (χ3v) is 6.82. The van der Waals surface area contributed by atoms with Crippen molar-refractivity contribution in [2.75, 3.05) is 26.7 Å². The number of likely N-dealkylation sites (N-methyl/N-ethyl adjacent to an activating group) is 1. The maximum absolute atomic E-state index is 6.71. The number of hydrogen-bond donors (Lipinski definition) is 0. The molecule has 2 aromatic rings. The second kappa shape index (κ2) is 6.10. The summed E-state index contributed by atoms with van der Waals surface area (Å²) < 4.78 is 5.31. The molecule has 2 nitrogen and oxygen atoms in total. The Morgan fingerprint density at radius 1 is 1.00 bits per heavy atom. The van der Waals surface area contributed by atoms with Crippen molar-refractivity contribution in [3.8, 4) is 0 Å². The molecule has 26 heavy (non-hydrogen) atoms. The fraction of sp³-hybridized carbons (Fsp3) is 0.364. The van der Waals surface area contributed by atoms with E-state index in [4.69, 9.17) is 27.9 Å². The van der Waals surface area contributed by atoms with Gasteiger partial charge in [-0.05, 0) is 41.0 Å². The van der Waals surface area contributed by atoms with E-state index < -0.39 is 4.33 Å². The molecule has 4 heteroatoms. The molecular weight excluding hydrogens is 365 g/mol. The Balaban J connectivity index is 1.70. The van der Waals surface area contributed by atoms with Gasteiger partial charge < -0.3 is 9.64 Å². The highest BCUT2D eigenvalue weighted by Crippen LogP contribution is 2.72. The quantitative estimate of drug-likeness (QED) is 0.652. The van der Waals surface area contributed by atoms with Gasteiger partial charge in [0.05, 0.1) is 12.7 Å². The van der Waals surface area contributed by atoms with Crippen LogP contribution >= 0.6 is 23.2 Å². The van der Waals surface area contributed by atoms with Crippen LogP contribution in [0.2, 0.25) is 0 Å². The minimum Gasteiger partial charge on any atom is -0.371 e. The van der Waals surface area contributed by atoms with Crippen LogP contribution < -0.4 is 0 Å². The smallest absolute Gasteiger partial charge is 0.133 e. The minimum atomic E-state index is -0.723. The molecule has 3 unspecified atom stereocenters. The van der Waals surface area contributed by atoms with Crippen molar-refractivity contribution in [3.63, 3.8) is 0 Å². The number of benzene rings is 2. The first-order valence-corrected chi connectivity index (χ1v) is 9.91. The average Bonchev–Trinajstić information content (AvgIpc) is 3.24. The molecule has 2 aliphatic carbocycles. The maximum Gasteiger partial charge on any atom is 0.133 e. The Labute approximate surface area is 164 Å². The highest BCUT2D eigenvalue weighted by molar-refractivity contribution is 6.52. The van der Waals surface area contributed by atoms with Gasteiger partial charge in [-0.25, -0.2) is 0 Å². The number of morpholine rings is 1. The van der Waals surface area contributed by atoms with E-state index in [1.165, 1.54) is 27.8 Å². The Hall–Kier alpha value is -1.32. The second-order valence-electron chi connectivity index (χ2n) is 7.56. The third-order valence-electron chi connectivity index (χ3n) is 5.87. The van der Waals surface area contributed by atoms with Crippen molar-refractivity contribution in [2.24, 2.45) is 0 Å². The predicted molar refractivity (Wildman–Crippen MR) is 107 cm³/mol. The first-order chi connectivity index (χ1) is 12.6. The lowest BCUT2D eigenvalue weighted by atomic mass is 9.90. The first kappa shape index (κ1) is 16.8. The number of nitrogens with zero attached hydrogens (tertiary/aromatic N) is 1. The van der Waals surface area contributed by atoms with Gasteiger partial charge >= 0.3 is 0 Å². The van der Waals surface area contributed by atoms with Crippen LogP contribution in [-0.2, 0) is 4.74 Å². The molecule has 0 bridgehead atoms. The number of halogens is 2. The van der Waals surface area contributed by atoms with E-state index in [-0.39, 0.29) is 17.9 Å². The summed E-state index contributed by atoms with van der Waals surface area (Å²) in [5.41, 5.74) is 6.19. The van der Waals surface area contributed by atoms with Crippen molar-refractivity contribution in [2.45, 2.75) is 22.3 Å². The van der Waals surface area contributed by atoms with Crippen molar-refractivity contribution < 1.29 is 4.74 Å². The van der Waals surface area contributed by atoms with Crippen molar-refractivity contribution in [1.29, 1.82) is 0 Å². The summed E-state index contributed by atoms with van der Waals surface area (Å²) in [5.74, 6) is 0.285. The summed E-state index contributed by atoms with van der Waals surface area (Å²) in [7, 11) is 2.15. The predicted octanol–water partition coefficient (Wildman–Crippen LogP) is 4.82. The largest absolute Gasteiger partial charge is 0.371 e. The number of hydrogen-bond acceptors (Lipinski definition) is 2. The van der Waals surface area contributed by atoms with Gasteiger partial charge in [-0.15, -0.1) is 23.2 Å². The van der Waals surface area contributed by atoms with Gasteiger partial charge in [0.25, 0.3) is 0 Å². The van der Waals surface area contributed by atoms with Crippen LogP contribution in [0.1, 0.15) is 34.1 Å². The van der Waals surface area contributed by atoms with Gasteiger partial charge in [0.1, 0.15) is 4.33 Å². The molecule has 1 aliphatic heterocycles. The monoisotopic (exact) mass is 385 g/mol. The molecule has 5 rings (SSSR count). The van der Waals surface area contributed by atoms with Crippen LogP contribution in [0.5, 0.6) is 0 Å². The van der Waals surface area contributed by atoms with Gasteiger partial charge in [0, 0.05) is 24.9 Å². The van der Waals surface area contributed by atoms with Gasteiger partial charge in [0.2, 0.25) is 0 Å². The standard InChI is InChI=1S/C22H21Cl2NO/c1-25-10-11-26-14(13-25)12-19-15-6-2-4-8-17(15)20-21(22(20,23)24)18-9-5-3-7-16(18)19/h2-9,12,14,20-21H,10-11,13H2,1H3. The van der Waals surface area contributed by atoms with E-state index in [1.54, 1.807) is 0 Å². The highest BCUT2D eigenvalue weighted by atomic mass is 35.5. The SMILES string of the molecule is CN1CCOC(C=C2c3ccccc3C3C(c4ccccc42)C3(Cl)Cl)C1. The molecule has 1 heterocycles. The van der Waals surface area contributed by atoms with E-state index in [2.05, 4.69) is 66.6 Å². The zero-order chi connectivity index (χ0) is 17.9. The van der Waals surface area contributed by atoms with Gasteiger partial charge in [-0.3, -0.25) is 0 Å². The molecule has 1 saturated carbocycles. The first-order valence-electron chi connectivity index (χ1n) is 9.16. The Bertz CT molecular complexity index is 834. The number of alkyl halides is 2. The van der Waals surface area contributed by atoms with E-state index in [0.717, 1.165) is 19.7 Å². The Kier molecular flexibility index (Phi) is 3.95. The van der Waals surface area contributed by atoms with Crippen molar-refractivity contribution in [3.05, 3.63) is 76.9 Å². The second-order valence-corrected chi connectivity index (χ2v) is 9.00. The van der Waals surface area contributed by atoms with Crippen LogP contribution in [0.25, 0.3) is 5.57 Å². The summed E-state index contributed by atoms with van der Waals surface area (Å²) in [6.07, 6.45) is 2.39. The van der Waals surface area contributed by atoms with Crippen molar-refractivity contribution in [1.82, 2.24) is 4.90 Å². The molecule has 0 aromatic heterocycles. The number of fused-ring (bicyclic) bond motifs is 5. The molecule has 3 aliphatic rings. The van der Waals surface area contributed by atoms with E-state index in [1.807, 2.05) is 0 Å². The topological polar surface area (TPSA) is 12.5 Å².